The zero-order valence-electron chi connectivity index (χ0n) is 30.1. The molecule has 50 heavy (non-hydrogen) atoms. The number of hydrogen-bond acceptors (Lipinski definition) is 6. The lowest BCUT2D eigenvalue weighted by atomic mass is 9.83. The molecule has 1 aliphatic carbocycles. The minimum Gasteiger partial charge on any atom is -0.744 e. The summed E-state index contributed by atoms with van der Waals surface area (Å²) < 4.78 is 44.9. The molecule has 5 rings (SSSR count). The van der Waals surface area contributed by atoms with E-state index in [-0.39, 0.29) is 10.8 Å². The van der Waals surface area contributed by atoms with Crippen LogP contribution in [0, 0.1) is 6.92 Å². The number of nitrogens with one attached hydrogen (secondary N) is 1. The van der Waals surface area contributed by atoms with Crippen LogP contribution in [0.3, 0.4) is 0 Å². The molecular formula is C41H49N3O5S. The second kappa shape index (κ2) is 15.6. The normalized spacial score (nSPS) is 14.9. The summed E-state index contributed by atoms with van der Waals surface area (Å²) in [4.78, 5) is 13.9. The molecule has 264 valence electrons. The van der Waals surface area contributed by atoms with Crippen molar-refractivity contribution in [3.8, 4) is 22.5 Å². The fraction of sp³-hybridized carbons (Fsp3) is 0.366. The molecule has 0 saturated heterocycles. The molecule has 0 spiro atoms. The van der Waals surface area contributed by atoms with Gasteiger partial charge in [-0.15, -0.1) is 0 Å². The Balaban J connectivity index is 1.56. The second-order valence-electron chi connectivity index (χ2n) is 13.3. The van der Waals surface area contributed by atoms with Crippen molar-refractivity contribution in [3.63, 3.8) is 0 Å². The number of rotatable bonds is 13. The van der Waals surface area contributed by atoms with E-state index in [1.165, 1.54) is 12.1 Å². The molecule has 0 fully saturated rings. The molecule has 0 aromatic heterocycles. The first-order chi connectivity index (χ1) is 23.9. The van der Waals surface area contributed by atoms with Crippen LogP contribution in [0.25, 0.3) is 28.5 Å². The number of carbonyl (C=O) groups excluding carboxylic acids is 1. The van der Waals surface area contributed by atoms with Crippen molar-refractivity contribution in [1.29, 1.82) is 0 Å². The molecule has 2 aromatic rings. The monoisotopic (exact) mass is 695 g/mol. The summed E-state index contributed by atoms with van der Waals surface area (Å²) in [6.07, 6.45) is 9.03. The van der Waals surface area contributed by atoms with Crippen molar-refractivity contribution >= 4 is 27.8 Å². The van der Waals surface area contributed by atoms with Crippen molar-refractivity contribution in [2.24, 2.45) is 0 Å². The van der Waals surface area contributed by atoms with Crippen LogP contribution >= 0.6 is 0 Å². The number of allylic oxidation sites excluding steroid dienone is 3. The molecular weight excluding hydrogens is 647 g/mol. The predicted octanol–water partition coefficient (Wildman–Crippen LogP) is 7.47. The van der Waals surface area contributed by atoms with Gasteiger partial charge in [0.2, 0.25) is 11.3 Å². The van der Waals surface area contributed by atoms with E-state index in [4.69, 9.17) is 4.42 Å². The third-order valence-corrected chi connectivity index (χ3v) is 10.5. The molecule has 8 nitrogen and oxygen atoms in total. The molecule has 2 aliphatic heterocycles. The third kappa shape index (κ3) is 7.79. The zero-order valence-corrected chi connectivity index (χ0v) is 30.9. The van der Waals surface area contributed by atoms with Gasteiger partial charge in [-0.1, -0.05) is 56.7 Å². The smallest absolute Gasteiger partial charge is 0.219 e. The van der Waals surface area contributed by atoms with Crippen LogP contribution < -0.4 is 20.1 Å². The van der Waals surface area contributed by atoms with E-state index >= 15 is 0 Å². The molecule has 1 amide bonds. The van der Waals surface area contributed by atoms with Gasteiger partial charge in [-0.05, 0) is 93.6 Å². The number of benzene rings is 3. The average molecular weight is 696 g/mol. The van der Waals surface area contributed by atoms with Crippen molar-refractivity contribution in [3.05, 3.63) is 107 Å². The summed E-state index contributed by atoms with van der Waals surface area (Å²) in [6.45, 7) is 15.5. The molecule has 2 heterocycles. The fourth-order valence-electron chi connectivity index (χ4n) is 7.04. The Labute approximate surface area is 297 Å². The molecule has 0 radical (unpaired) electrons. The molecule has 0 saturated carbocycles. The highest BCUT2D eigenvalue weighted by Gasteiger charge is 2.40. The first-order valence-electron chi connectivity index (χ1n) is 17.6. The Hall–Kier alpha value is -4.47. The lowest BCUT2D eigenvalue weighted by Crippen LogP contribution is -2.29. The van der Waals surface area contributed by atoms with E-state index in [0.717, 1.165) is 88.4 Å². The van der Waals surface area contributed by atoms with Gasteiger partial charge in [0.1, 0.15) is 34.7 Å². The van der Waals surface area contributed by atoms with Gasteiger partial charge >= 0.3 is 0 Å². The highest BCUT2D eigenvalue weighted by Crippen LogP contribution is 2.48. The maximum atomic E-state index is 12.0. The van der Waals surface area contributed by atoms with Gasteiger partial charge < -0.3 is 19.2 Å². The SMILES string of the molecule is CCNC(=O)CCCCCN1/C(=C/C=C/c2oc3cc(=[N+](CC)CC)ccc-3c(-c3ccccc3)c2C)C(C)(C)c2cc(S(=O)(=O)[O-])ccc21. The second-order valence-corrected chi connectivity index (χ2v) is 14.6. The number of amides is 1. The van der Waals surface area contributed by atoms with Crippen LogP contribution in [-0.2, 0) is 20.3 Å². The number of unbranched alkanes of at least 4 members (excludes halogenated alkanes) is 2. The van der Waals surface area contributed by atoms with Gasteiger partial charge in [-0.3, -0.25) is 4.79 Å². The number of carbonyl (C=O) groups is 1. The van der Waals surface area contributed by atoms with Crippen molar-refractivity contribution in [2.45, 2.75) is 77.5 Å². The molecule has 0 atom stereocenters. The lowest BCUT2D eigenvalue weighted by Gasteiger charge is -2.27. The summed E-state index contributed by atoms with van der Waals surface area (Å²) in [5, 5.41) is 3.96. The molecule has 0 bridgehead atoms. The largest absolute Gasteiger partial charge is 0.744 e. The summed E-state index contributed by atoms with van der Waals surface area (Å²) in [5.74, 6) is 1.61. The number of anilines is 1. The summed E-state index contributed by atoms with van der Waals surface area (Å²) >= 11 is 0. The first kappa shape index (κ1) is 36.8. The zero-order chi connectivity index (χ0) is 36.1. The minimum atomic E-state index is -4.62. The van der Waals surface area contributed by atoms with Gasteiger partial charge in [0.05, 0.1) is 11.0 Å². The van der Waals surface area contributed by atoms with Crippen LogP contribution in [0.2, 0.25) is 0 Å². The first-order valence-corrected chi connectivity index (χ1v) is 19.1. The molecule has 1 N–H and O–H groups in total. The topological polar surface area (TPSA) is 106 Å². The van der Waals surface area contributed by atoms with Gasteiger partial charge in [0, 0.05) is 53.5 Å². The predicted molar refractivity (Wildman–Crippen MR) is 201 cm³/mol. The van der Waals surface area contributed by atoms with E-state index < -0.39 is 15.5 Å². The standard InChI is InChI=1S/C41H49N3O5S/c1-7-42-39(45)21-14-11-15-26-44-35-25-23-32(50(46,47)48)28-34(35)41(5,6)38(44)20-16-19-36-29(4)40(30-17-12-10-13-18-30)33-24-22-31(27-37(33)49-36)43(8-2)9-3/h10,12-13,16-20,22-25,27-28H,7-9,11,14-15,21,26H2,1-6H3,(H-,42,45,46,47,48). The highest BCUT2D eigenvalue weighted by atomic mass is 32.2. The van der Waals surface area contributed by atoms with Crippen LogP contribution in [0.4, 0.5) is 5.69 Å². The molecule has 2 aromatic carbocycles. The minimum absolute atomic E-state index is 0.0614. The van der Waals surface area contributed by atoms with Crippen LogP contribution in [0.15, 0.2) is 93.9 Å². The maximum Gasteiger partial charge on any atom is 0.219 e. The van der Waals surface area contributed by atoms with Crippen molar-refractivity contribution in [1.82, 2.24) is 9.89 Å². The molecule has 9 heteroatoms. The van der Waals surface area contributed by atoms with E-state index in [1.54, 1.807) is 6.07 Å². The Bertz CT molecular complexity index is 2050. The van der Waals surface area contributed by atoms with Crippen molar-refractivity contribution in [2.75, 3.05) is 31.1 Å². The van der Waals surface area contributed by atoms with Gasteiger partial charge in [-0.25, -0.2) is 13.0 Å². The van der Waals surface area contributed by atoms with E-state index in [2.05, 4.69) is 85.8 Å². The number of fused-ring (bicyclic) bond motifs is 2. The molecule has 0 unspecified atom stereocenters. The summed E-state index contributed by atoms with van der Waals surface area (Å²) in [6, 6.07) is 21.5. The van der Waals surface area contributed by atoms with E-state index in [9.17, 15) is 17.8 Å². The van der Waals surface area contributed by atoms with Gasteiger partial charge in [-0.2, -0.15) is 0 Å². The highest BCUT2D eigenvalue weighted by molar-refractivity contribution is 7.85. The Morgan fingerprint density at radius 1 is 0.980 bits per heavy atom. The van der Waals surface area contributed by atoms with Gasteiger partial charge in [0.25, 0.3) is 0 Å². The van der Waals surface area contributed by atoms with E-state index in [1.807, 2.05) is 37.3 Å². The Morgan fingerprint density at radius 2 is 1.72 bits per heavy atom. The van der Waals surface area contributed by atoms with Crippen molar-refractivity contribution < 1.29 is 22.2 Å². The third-order valence-electron chi connectivity index (χ3n) is 9.70. The van der Waals surface area contributed by atoms with Crippen LogP contribution in [-0.4, -0.2) is 45.1 Å². The number of hydrogen-bond donors (Lipinski definition) is 1. The quantitative estimate of drug-likeness (QED) is 0.0884. The van der Waals surface area contributed by atoms with Crippen LogP contribution in [0.1, 0.15) is 77.2 Å². The maximum absolute atomic E-state index is 12.0. The summed E-state index contributed by atoms with van der Waals surface area (Å²) in [5.41, 5.74) is 6.39. The van der Waals surface area contributed by atoms with Gasteiger partial charge in [0.15, 0.2) is 0 Å². The van der Waals surface area contributed by atoms with Crippen LogP contribution in [0.5, 0.6) is 0 Å². The molecule has 3 aliphatic rings. The number of nitrogens with zero attached hydrogens (tertiary/aromatic N) is 2. The lowest BCUT2D eigenvalue weighted by molar-refractivity contribution is -0.121. The average Bonchev–Trinajstić information content (AvgIpc) is 3.30. The fourth-order valence-corrected chi connectivity index (χ4v) is 7.54. The Kier molecular flexibility index (Phi) is 11.5. The summed E-state index contributed by atoms with van der Waals surface area (Å²) in [7, 11) is -4.62. The van der Waals surface area contributed by atoms with E-state index in [0.29, 0.717) is 19.5 Å². The Morgan fingerprint density at radius 3 is 2.40 bits per heavy atom.